The fraction of sp³-hybridized carbons (Fsp3) is 1.00. The van der Waals surface area contributed by atoms with Gasteiger partial charge in [0.1, 0.15) is 18.3 Å². The lowest BCUT2D eigenvalue weighted by molar-refractivity contribution is -0.218. The molecule has 0 saturated carbocycles. The molecule has 0 aromatic carbocycles. The monoisotopic (exact) mass is 310 g/mol. The van der Waals surface area contributed by atoms with Crippen molar-refractivity contribution in [2.45, 2.75) is 68.8 Å². The lowest BCUT2D eigenvalue weighted by atomic mass is 9.92. The number of aliphatic hydroxyl groups excluding tert-OH is 3. The zero-order valence-electron chi connectivity index (χ0n) is 11.5. The van der Waals surface area contributed by atoms with E-state index in [1.165, 1.54) is 0 Å². The lowest BCUT2D eigenvalue weighted by Gasteiger charge is -2.40. The Kier molecular flexibility index (Phi) is 5.24. The molecule has 0 spiro atoms. The van der Waals surface area contributed by atoms with E-state index in [0.29, 0.717) is 6.42 Å². The largest absolute Gasteiger partial charge is 0.388 e. The predicted molar refractivity (Wildman–Crippen MR) is 70.4 cm³/mol. The van der Waals surface area contributed by atoms with Crippen LogP contribution in [0.5, 0.6) is 0 Å². The van der Waals surface area contributed by atoms with Crippen LogP contribution in [0.1, 0.15) is 32.6 Å². The van der Waals surface area contributed by atoms with Crippen molar-refractivity contribution in [2.24, 2.45) is 0 Å². The molecule has 0 aromatic rings. The Morgan fingerprint density at radius 2 is 1.85 bits per heavy atom. The van der Waals surface area contributed by atoms with E-state index >= 15 is 0 Å². The number of aliphatic hydroxyl groups is 3. The highest BCUT2D eigenvalue weighted by Crippen LogP contribution is 2.53. The van der Waals surface area contributed by atoms with E-state index in [1.807, 2.05) is 0 Å². The van der Waals surface area contributed by atoms with Gasteiger partial charge in [-0.1, -0.05) is 6.42 Å². The summed E-state index contributed by atoms with van der Waals surface area (Å²) in [5, 5.41) is 29.3. The first-order valence-corrected chi connectivity index (χ1v) is 8.64. The van der Waals surface area contributed by atoms with Gasteiger partial charge in [-0.05, 0) is 26.2 Å². The first-order chi connectivity index (χ1) is 9.33. The van der Waals surface area contributed by atoms with Crippen LogP contribution < -0.4 is 0 Å². The molecule has 0 aromatic heterocycles. The number of ether oxygens (including phenoxy) is 1. The van der Waals surface area contributed by atoms with Gasteiger partial charge >= 0.3 is 7.60 Å². The number of rotatable bonds is 2. The molecule has 0 amide bonds. The molecule has 8 heteroatoms. The zero-order chi connectivity index (χ0) is 14.9. The molecule has 0 radical (unpaired) electrons. The second kappa shape index (κ2) is 6.40. The summed E-state index contributed by atoms with van der Waals surface area (Å²) in [7, 11) is -3.72. The summed E-state index contributed by atoms with van der Waals surface area (Å²) in [6.45, 7) is 1.85. The fourth-order valence-electron chi connectivity index (χ4n) is 2.80. The van der Waals surface area contributed by atoms with Gasteiger partial charge in [0, 0.05) is 0 Å². The average molecular weight is 310 g/mol. The molecule has 2 fully saturated rings. The standard InChI is InChI=1S/C12H23O7P/c1-7-10(13)12(15)11(14)9(19-7)6-8-4-2-3-5-18-20(8,16)17/h7-15H,2-6H2,1H3,(H,16,17)/t7?,8?,9-,10-,11-,12-/m1/s1. The molecule has 3 unspecified atom stereocenters. The summed E-state index contributed by atoms with van der Waals surface area (Å²) >= 11 is 0. The molecule has 0 bridgehead atoms. The van der Waals surface area contributed by atoms with Crippen LogP contribution in [0.4, 0.5) is 0 Å². The molecule has 2 aliphatic heterocycles. The highest BCUT2D eigenvalue weighted by molar-refractivity contribution is 7.53. The minimum absolute atomic E-state index is 0.128. The third-order valence-corrected chi connectivity index (χ3v) is 6.07. The molecular formula is C12H23O7P. The molecule has 0 aliphatic carbocycles. The summed E-state index contributed by atoms with van der Waals surface area (Å²) in [6, 6.07) is 0. The van der Waals surface area contributed by atoms with Gasteiger partial charge < -0.3 is 29.5 Å². The van der Waals surface area contributed by atoms with Gasteiger partial charge in [0.25, 0.3) is 0 Å². The van der Waals surface area contributed by atoms with E-state index in [0.717, 1.165) is 12.8 Å². The summed E-state index contributed by atoms with van der Waals surface area (Å²) in [5.41, 5.74) is -0.612. The van der Waals surface area contributed by atoms with Gasteiger partial charge in [0.05, 0.1) is 24.5 Å². The predicted octanol–water partition coefficient (Wildman–Crippen LogP) is 0.001000. The van der Waals surface area contributed by atoms with Crippen molar-refractivity contribution in [2.75, 3.05) is 6.61 Å². The van der Waals surface area contributed by atoms with Crippen LogP contribution in [0.3, 0.4) is 0 Å². The zero-order valence-corrected chi connectivity index (χ0v) is 12.4. The van der Waals surface area contributed by atoms with Crippen LogP contribution >= 0.6 is 7.60 Å². The Bertz CT molecular complexity index is 377. The van der Waals surface area contributed by atoms with E-state index in [-0.39, 0.29) is 13.0 Å². The van der Waals surface area contributed by atoms with E-state index in [2.05, 4.69) is 0 Å². The molecule has 118 valence electrons. The number of hydrogen-bond acceptors (Lipinski definition) is 6. The summed E-state index contributed by atoms with van der Waals surface area (Å²) in [6.07, 6.45) is -3.01. The van der Waals surface area contributed by atoms with E-state index in [4.69, 9.17) is 9.26 Å². The molecule has 2 saturated heterocycles. The molecule has 2 aliphatic rings. The Hall–Kier alpha value is -0.0100. The third-order valence-electron chi connectivity index (χ3n) is 4.12. The van der Waals surface area contributed by atoms with Crippen molar-refractivity contribution in [3.05, 3.63) is 0 Å². The highest BCUT2D eigenvalue weighted by Gasteiger charge is 2.45. The van der Waals surface area contributed by atoms with Crippen LogP contribution in [0, 0.1) is 0 Å². The Balaban J connectivity index is 2.06. The maximum atomic E-state index is 12.1. The normalized spacial score (nSPS) is 50.6. The Labute approximate surface area is 118 Å². The SMILES string of the molecule is CC1O[C@H](CC2CCCCOP2(=O)O)[C@@H](O)[C@H](O)[C@@H]1O. The van der Waals surface area contributed by atoms with Crippen molar-refractivity contribution >= 4 is 7.60 Å². The first kappa shape index (κ1) is 16.4. The van der Waals surface area contributed by atoms with Crippen LogP contribution in [0.15, 0.2) is 0 Å². The molecule has 7 nitrogen and oxygen atoms in total. The molecule has 2 rings (SSSR count). The van der Waals surface area contributed by atoms with E-state index in [9.17, 15) is 24.8 Å². The van der Waals surface area contributed by atoms with Crippen LogP contribution in [0.25, 0.3) is 0 Å². The maximum absolute atomic E-state index is 12.1. The molecule has 2 heterocycles. The minimum Gasteiger partial charge on any atom is -0.388 e. The summed E-state index contributed by atoms with van der Waals surface area (Å²) < 4.78 is 22.6. The van der Waals surface area contributed by atoms with E-state index < -0.39 is 43.8 Å². The fourth-order valence-corrected chi connectivity index (χ4v) is 4.38. The second-order valence-corrected chi connectivity index (χ2v) is 7.75. The van der Waals surface area contributed by atoms with Gasteiger partial charge in [0.15, 0.2) is 0 Å². The van der Waals surface area contributed by atoms with E-state index in [1.54, 1.807) is 6.92 Å². The molecule has 4 N–H and O–H groups in total. The van der Waals surface area contributed by atoms with Crippen molar-refractivity contribution < 1.29 is 34.0 Å². The number of hydrogen-bond donors (Lipinski definition) is 4. The second-order valence-electron chi connectivity index (χ2n) is 5.63. The maximum Gasteiger partial charge on any atom is 0.331 e. The molecule has 7 atom stereocenters. The van der Waals surface area contributed by atoms with Gasteiger partial charge in [-0.15, -0.1) is 0 Å². The summed E-state index contributed by atoms with van der Waals surface area (Å²) in [4.78, 5) is 9.90. The minimum atomic E-state index is -3.72. The Morgan fingerprint density at radius 1 is 1.15 bits per heavy atom. The van der Waals surface area contributed by atoms with Crippen LogP contribution in [-0.2, 0) is 13.8 Å². The average Bonchev–Trinajstić information content (AvgIpc) is 2.55. The summed E-state index contributed by atoms with van der Waals surface area (Å²) in [5.74, 6) is 0. The Morgan fingerprint density at radius 3 is 2.55 bits per heavy atom. The third kappa shape index (κ3) is 3.42. The van der Waals surface area contributed by atoms with Gasteiger partial charge in [-0.25, -0.2) is 0 Å². The van der Waals surface area contributed by atoms with Crippen LogP contribution in [0.2, 0.25) is 0 Å². The molecular weight excluding hydrogens is 287 g/mol. The van der Waals surface area contributed by atoms with Crippen LogP contribution in [-0.4, -0.2) is 63.0 Å². The quantitative estimate of drug-likeness (QED) is 0.530. The van der Waals surface area contributed by atoms with Crippen molar-refractivity contribution in [3.63, 3.8) is 0 Å². The lowest BCUT2D eigenvalue weighted by Crippen LogP contribution is -2.57. The first-order valence-electron chi connectivity index (χ1n) is 6.99. The van der Waals surface area contributed by atoms with Crippen molar-refractivity contribution in [1.29, 1.82) is 0 Å². The smallest absolute Gasteiger partial charge is 0.331 e. The van der Waals surface area contributed by atoms with Gasteiger partial charge in [0.2, 0.25) is 0 Å². The molecule has 20 heavy (non-hydrogen) atoms. The van der Waals surface area contributed by atoms with Crippen molar-refractivity contribution in [3.8, 4) is 0 Å². The van der Waals surface area contributed by atoms with Gasteiger partial charge in [-0.2, -0.15) is 0 Å². The highest BCUT2D eigenvalue weighted by atomic mass is 31.2. The van der Waals surface area contributed by atoms with Crippen molar-refractivity contribution in [1.82, 2.24) is 0 Å². The topological polar surface area (TPSA) is 116 Å². The van der Waals surface area contributed by atoms with Gasteiger partial charge in [-0.3, -0.25) is 4.57 Å².